The van der Waals surface area contributed by atoms with Crippen molar-refractivity contribution in [3.63, 3.8) is 0 Å². The molecule has 3 aromatic rings. The minimum atomic E-state index is 1.05. The van der Waals surface area contributed by atoms with Crippen LogP contribution in [0.1, 0.15) is 5.69 Å². The fourth-order valence-corrected chi connectivity index (χ4v) is 2.19. The predicted octanol–water partition coefficient (Wildman–Crippen LogP) is 4.21. The van der Waals surface area contributed by atoms with E-state index in [4.69, 9.17) is 0 Å². The van der Waals surface area contributed by atoms with Crippen molar-refractivity contribution in [1.82, 2.24) is 4.98 Å². The Kier molecular flexibility index (Phi) is 2.37. The molecule has 0 aliphatic carbocycles. The average Bonchev–Trinajstić information content (AvgIpc) is 2.38. The highest BCUT2D eigenvalue weighted by Gasteiger charge is 2.02. The Bertz CT molecular complexity index is 666. The van der Waals surface area contributed by atoms with E-state index < -0.39 is 0 Å². The molecule has 0 aliphatic heterocycles. The van der Waals surface area contributed by atoms with Crippen molar-refractivity contribution in [2.45, 2.75) is 6.92 Å². The van der Waals surface area contributed by atoms with Crippen LogP contribution in [0.25, 0.3) is 21.9 Å². The molecule has 0 N–H and O–H groups in total. The molecule has 1 nitrogen and oxygen atoms in total. The number of aryl methyl sites for hydroxylation is 1. The SMILES string of the molecule is Cc1cc(-c2cccc3ccccc23)ccn1. The van der Waals surface area contributed by atoms with E-state index in [1.807, 2.05) is 13.1 Å². The van der Waals surface area contributed by atoms with E-state index >= 15 is 0 Å². The van der Waals surface area contributed by atoms with Crippen molar-refractivity contribution in [3.05, 3.63) is 66.5 Å². The summed E-state index contributed by atoms with van der Waals surface area (Å²) in [5.41, 5.74) is 3.55. The van der Waals surface area contributed by atoms with Crippen LogP contribution in [0.5, 0.6) is 0 Å². The Morgan fingerprint density at radius 1 is 0.882 bits per heavy atom. The van der Waals surface area contributed by atoms with Crippen LogP contribution in [0.15, 0.2) is 60.8 Å². The summed E-state index contributed by atoms with van der Waals surface area (Å²) in [6.07, 6.45) is 1.87. The predicted molar refractivity (Wildman–Crippen MR) is 71.9 cm³/mol. The Morgan fingerprint density at radius 2 is 1.71 bits per heavy atom. The summed E-state index contributed by atoms with van der Waals surface area (Å²) in [6.45, 7) is 2.02. The number of hydrogen-bond donors (Lipinski definition) is 0. The van der Waals surface area contributed by atoms with Crippen molar-refractivity contribution in [3.8, 4) is 11.1 Å². The van der Waals surface area contributed by atoms with E-state index in [0.717, 1.165) is 5.69 Å². The van der Waals surface area contributed by atoms with E-state index in [1.54, 1.807) is 0 Å². The third-order valence-electron chi connectivity index (χ3n) is 3.00. The van der Waals surface area contributed by atoms with Gasteiger partial charge in [-0.3, -0.25) is 4.98 Å². The first-order valence-corrected chi connectivity index (χ1v) is 5.75. The molecule has 0 bridgehead atoms. The monoisotopic (exact) mass is 219 g/mol. The third-order valence-corrected chi connectivity index (χ3v) is 3.00. The zero-order valence-electron chi connectivity index (χ0n) is 9.72. The molecule has 0 amide bonds. The lowest BCUT2D eigenvalue weighted by molar-refractivity contribution is 1.20. The van der Waals surface area contributed by atoms with E-state index in [9.17, 15) is 0 Å². The Hall–Kier alpha value is -2.15. The molecule has 3 rings (SSSR count). The van der Waals surface area contributed by atoms with E-state index in [2.05, 4.69) is 59.6 Å². The van der Waals surface area contributed by atoms with Crippen LogP contribution >= 0.6 is 0 Å². The van der Waals surface area contributed by atoms with Crippen LogP contribution < -0.4 is 0 Å². The summed E-state index contributed by atoms with van der Waals surface area (Å²) in [6, 6.07) is 19.1. The highest BCUT2D eigenvalue weighted by molar-refractivity contribution is 5.96. The lowest BCUT2D eigenvalue weighted by Gasteiger charge is -2.07. The van der Waals surface area contributed by atoms with Gasteiger partial charge < -0.3 is 0 Å². The van der Waals surface area contributed by atoms with E-state index in [0.29, 0.717) is 0 Å². The third kappa shape index (κ3) is 1.80. The van der Waals surface area contributed by atoms with Gasteiger partial charge in [-0.25, -0.2) is 0 Å². The molecular formula is C16H13N. The molecule has 82 valence electrons. The quantitative estimate of drug-likeness (QED) is 0.597. The van der Waals surface area contributed by atoms with Gasteiger partial charge in [-0.1, -0.05) is 42.5 Å². The first-order valence-electron chi connectivity index (χ1n) is 5.75. The molecule has 0 unspecified atom stereocenters. The van der Waals surface area contributed by atoms with Gasteiger partial charge >= 0.3 is 0 Å². The van der Waals surface area contributed by atoms with Crippen molar-refractivity contribution in [2.75, 3.05) is 0 Å². The van der Waals surface area contributed by atoms with E-state index in [1.165, 1.54) is 21.9 Å². The smallest absolute Gasteiger partial charge is 0.0378 e. The fourth-order valence-electron chi connectivity index (χ4n) is 2.19. The van der Waals surface area contributed by atoms with Gasteiger partial charge in [0, 0.05) is 11.9 Å². The molecule has 0 fully saturated rings. The van der Waals surface area contributed by atoms with Crippen LogP contribution in [0.3, 0.4) is 0 Å². The highest BCUT2D eigenvalue weighted by atomic mass is 14.6. The first-order chi connectivity index (χ1) is 8.34. The van der Waals surface area contributed by atoms with Crippen LogP contribution in [0, 0.1) is 6.92 Å². The highest BCUT2D eigenvalue weighted by Crippen LogP contribution is 2.28. The van der Waals surface area contributed by atoms with Crippen LogP contribution in [-0.2, 0) is 0 Å². The van der Waals surface area contributed by atoms with Gasteiger partial charge in [0.25, 0.3) is 0 Å². The number of aromatic nitrogens is 1. The van der Waals surface area contributed by atoms with Crippen molar-refractivity contribution in [1.29, 1.82) is 0 Å². The average molecular weight is 219 g/mol. The molecule has 0 saturated heterocycles. The zero-order valence-corrected chi connectivity index (χ0v) is 9.72. The van der Waals surface area contributed by atoms with Gasteiger partial charge in [0.1, 0.15) is 0 Å². The standard InChI is InChI=1S/C16H13N/c1-12-11-14(9-10-17-12)16-8-4-6-13-5-2-3-7-15(13)16/h2-11H,1H3. The molecule has 1 aromatic heterocycles. The molecule has 17 heavy (non-hydrogen) atoms. The summed E-state index contributed by atoms with van der Waals surface area (Å²) in [4.78, 5) is 4.25. The van der Waals surface area contributed by atoms with Crippen LogP contribution in [-0.4, -0.2) is 4.98 Å². The fraction of sp³-hybridized carbons (Fsp3) is 0.0625. The Labute approximate surface area is 101 Å². The van der Waals surface area contributed by atoms with Gasteiger partial charge in [-0.15, -0.1) is 0 Å². The maximum atomic E-state index is 4.25. The lowest BCUT2D eigenvalue weighted by Crippen LogP contribution is -1.84. The van der Waals surface area contributed by atoms with Gasteiger partial charge in [0.15, 0.2) is 0 Å². The Balaban J connectivity index is 2.30. The number of benzene rings is 2. The molecule has 2 aromatic carbocycles. The molecule has 0 spiro atoms. The second-order valence-corrected chi connectivity index (χ2v) is 4.21. The topological polar surface area (TPSA) is 12.9 Å². The first kappa shape index (κ1) is 10.0. The lowest BCUT2D eigenvalue weighted by atomic mass is 9.99. The maximum absolute atomic E-state index is 4.25. The van der Waals surface area contributed by atoms with Crippen molar-refractivity contribution in [2.24, 2.45) is 0 Å². The normalized spacial score (nSPS) is 10.6. The summed E-state index contributed by atoms with van der Waals surface area (Å²) in [5.74, 6) is 0. The molecule has 0 aliphatic rings. The minimum Gasteiger partial charge on any atom is -0.262 e. The summed E-state index contributed by atoms with van der Waals surface area (Å²) < 4.78 is 0. The van der Waals surface area contributed by atoms with Gasteiger partial charge in [0.2, 0.25) is 0 Å². The number of pyridine rings is 1. The second-order valence-electron chi connectivity index (χ2n) is 4.21. The number of rotatable bonds is 1. The van der Waals surface area contributed by atoms with Crippen LogP contribution in [0.2, 0.25) is 0 Å². The number of nitrogens with zero attached hydrogens (tertiary/aromatic N) is 1. The molecule has 0 atom stereocenters. The number of fused-ring (bicyclic) bond motifs is 1. The molecular weight excluding hydrogens is 206 g/mol. The zero-order chi connectivity index (χ0) is 11.7. The molecule has 0 saturated carbocycles. The summed E-state index contributed by atoms with van der Waals surface area (Å²) in [7, 11) is 0. The summed E-state index contributed by atoms with van der Waals surface area (Å²) in [5, 5.41) is 2.57. The summed E-state index contributed by atoms with van der Waals surface area (Å²) >= 11 is 0. The van der Waals surface area contributed by atoms with Crippen molar-refractivity contribution < 1.29 is 0 Å². The molecule has 1 heterocycles. The van der Waals surface area contributed by atoms with Gasteiger partial charge in [0.05, 0.1) is 0 Å². The van der Waals surface area contributed by atoms with Gasteiger partial charge in [-0.05, 0) is 41.0 Å². The number of hydrogen-bond acceptors (Lipinski definition) is 1. The second kappa shape index (κ2) is 4.02. The van der Waals surface area contributed by atoms with Crippen molar-refractivity contribution >= 4 is 10.8 Å². The van der Waals surface area contributed by atoms with Gasteiger partial charge in [-0.2, -0.15) is 0 Å². The minimum absolute atomic E-state index is 1.05. The molecule has 0 radical (unpaired) electrons. The Morgan fingerprint density at radius 3 is 2.59 bits per heavy atom. The van der Waals surface area contributed by atoms with Crippen LogP contribution in [0.4, 0.5) is 0 Å². The molecule has 1 heteroatoms. The maximum Gasteiger partial charge on any atom is 0.0378 e. The largest absolute Gasteiger partial charge is 0.262 e. The van der Waals surface area contributed by atoms with E-state index in [-0.39, 0.29) is 0 Å².